The average Bonchev–Trinajstić information content (AvgIpc) is 2.72. The SMILES string of the molecule is CNCc1cccc(N(N)/C(=C\CC(F)(F)F)C(=O)NCc2ccc(OC(F)(F)F)cc2)c1. The number of halogens is 6. The van der Waals surface area contributed by atoms with Crippen LogP contribution < -0.4 is 26.2 Å². The van der Waals surface area contributed by atoms with Gasteiger partial charge in [-0.15, -0.1) is 13.2 Å². The molecule has 0 saturated heterocycles. The van der Waals surface area contributed by atoms with Crippen LogP contribution in [-0.4, -0.2) is 25.5 Å². The van der Waals surface area contributed by atoms with E-state index < -0.39 is 36.3 Å². The van der Waals surface area contributed by atoms with Gasteiger partial charge in [0.1, 0.15) is 11.4 Å². The van der Waals surface area contributed by atoms with Crippen LogP contribution in [0.4, 0.5) is 32.0 Å². The second-order valence-corrected chi connectivity index (χ2v) is 6.85. The Hall–Kier alpha value is -3.25. The first-order valence-electron chi connectivity index (χ1n) is 9.56. The number of allylic oxidation sites excluding steroid dienone is 1. The second-order valence-electron chi connectivity index (χ2n) is 6.85. The number of nitrogens with one attached hydrogen (secondary N) is 2. The molecule has 4 N–H and O–H groups in total. The maximum Gasteiger partial charge on any atom is 0.573 e. The summed E-state index contributed by atoms with van der Waals surface area (Å²) < 4.78 is 78.8. The number of hydrazine groups is 1. The van der Waals surface area contributed by atoms with Crippen LogP contribution >= 0.6 is 0 Å². The summed E-state index contributed by atoms with van der Waals surface area (Å²) in [6, 6.07) is 11.2. The molecule has 2 aromatic carbocycles. The van der Waals surface area contributed by atoms with Crippen molar-refractivity contribution in [2.45, 2.75) is 32.0 Å². The van der Waals surface area contributed by atoms with Gasteiger partial charge < -0.3 is 15.4 Å². The van der Waals surface area contributed by atoms with E-state index in [0.717, 1.165) is 22.7 Å². The maximum absolute atomic E-state index is 12.8. The largest absolute Gasteiger partial charge is 0.573 e. The van der Waals surface area contributed by atoms with Crippen molar-refractivity contribution in [3.05, 3.63) is 71.4 Å². The smallest absolute Gasteiger partial charge is 0.406 e. The normalized spacial score (nSPS) is 12.4. The Bertz CT molecular complexity index is 958. The maximum atomic E-state index is 12.8. The number of carbonyl (C=O) groups is 1. The van der Waals surface area contributed by atoms with Crippen LogP contribution in [0.5, 0.6) is 5.75 Å². The number of alkyl halides is 6. The molecule has 33 heavy (non-hydrogen) atoms. The molecule has 180 valence electrons. The minimum atomic E-state index is -4.84. The fourth-order valence-electron chi connectivity index (χ4n) is 2.75. The van der Waals surface area contributed by atoms with Crippen molar-refractivity contribution < 1.29 is 35.9 Å². The fourth-order valence-corrected chi connectivity index (χ4v) is 2.75. The van der Waals surface area contributed by atoms with Gasteiger partial charge in [0.2, 0.25) is 0 Å². The van der Waals surface area contributed by atoms with E-state index >= 15 is 0 Å². The van der Waals surface area contributed by atoms with Crippen molar-refractivity contribution in [1.82, 2.24) is 10.6 Å². The zero-order chi connectivity index (χ0) is 24.6. The Morgan fingerprint density at radius 1 is 1.03 bits per heavy atom. The third kappa shape index (κ3) is 9.02. The molecule has 0 saturated carbocycles. The Kier molecular flexibility index (Phi) is 8.71. The molecule has 2 aromatic rings. The number of hydrogen-bond acceptors (Lipinski definition) is 5. The number of amides is 1. The molecule has 6 nitrogen and oxygen atoms in total. The van der Waals surface area contributed by atoms with Gasteiger partial charge in [-0.1, -0.05) is 24.3 Å². The molecule has 0 aliphatic carbocycles. The number of nitrogens with zero attached hydrogens (tertiary/aromatic N) is 1. The lowest BCUT2D eigenvalue weighted by Crippen LogP contribution is -2.39. The van der Waals surface area contributed by atoms with Gasteiger partial charge in [0.05, 0.1) is 12.1 Å². The fraction of sp³-hybridized carbons (Fsp3) is 0.286. The molecule has 0 bridgehead atoms. The van der Waals surface area contributed by atoms with Gasteiger partial charge in [0.25, 0.3) is 5.91 Å². The summed E-state index contributed by atoms with van der Waals surface area (Å²) in [4.78, 5) is 12.7. The number of carbonyl (C=O) groups excluding carboxylic acids is 1. The summed E-state index contributed by atoms with van der Waals surface area (Å²) in [5, 5.41) is 6.20. The highest BCUT2D eigenvalue weighted by Gasteiger charge is 2.31. The van der Waals surface area contributed by atoms with Crippen molar-refractivity contribution in [3.63, 3.8) is 0 Å². The van der Waals surface area contributed by atoms with Crippen LogP contribution in [-0.2, 0) is 17.9 Å². The number of benzene rings is 2. The van der Waals surface area contributed by atoms with Crippen LogP contribution in [0.1, 0.15) is 17.5 Å². The Labute approximate surface area is 186 Å². The first-order valence-corrected chi connectivity index (χ1v) is 9.56. The third-order valence-electron chi connectivity index (χ3n) is 4.20. The van der Waals surface area contributed by atoms with E-state index in [4.69, 9.17) is 5.84 Å². The average molecular weight is 476 g/mol. The zero-order valence-electron chi connectivity index (χ0n) is 17.4. The van der Waals surface area contributed by atoms with Gasteiger partial charge in [-0.05, 0) is 48.5 Å². The molecule has 0 fully saturated rings. The number of nitrogens with two attached hydrogens (primary N) is 1. The first kappa shape index (κ1) is 26.0. The standard InChI is InChI=1S/C21H22F6N4O2/c1-29-12-15-3-2-4-16(11-15)31(28)18(9-10-20(22,23)24)19(32)30-13-14-5-7-17(8-6-14)33-21(25,26)27/h2-9,11,29H,10,12-13,28H2,1H3,(H,30,32)/b18-9-. The molecule has 0 atom stereocenters. The predicted molar refractivity (Wildman–Crippen MR) is 110 cm³/mol. The van der Waals surface area contributed by atoms with Crippen LogP contribution in [0.2, 0.25) is 0 Å². The molecule has 0 spiro atoms. The quantitative estimate of drug-likeness (QED) is 0.220. The number of anilines is 1. The lowest BCUT2D eigenvalue weighted by Gasteiger charge is -2.22. The van der Waals surface area contributed by atoms with E-state index in [1.165, 1.54) is 18.2 Å². The van der Waals surface area contributed by atoms with E-state index in [-0.39, 0.29) is 6.54 Å². The summed E-state index contributed by atoms with van der Waals surface area (Å²) >= 11 is 0. The lowest BCUT2D eigenvalue weighted by molar-refractivity contribution is -0.274. The van der Waals surface area contributed by atoms with Crippen molar-refractivity contribution in [3.8, 4) is 5.75 Å². The molecule has 0 aliphatic rings. The predicted octanol–water partition coefficient (Wildman–Crippen LogP) is 4.14. The second kappa shape index (κ2) is 11.1. The molecular weight excluding hydrogens is 454 g/mol. The van der Waals surface area contributed by atoms with Crippen molar-refractivity contribution in [2.75, 3.05) is 12.1 Å². The van der Waals surface area contributed by atoms with E-state index in [0.29, 0.717) is 23.9 Å². The van der Waals surface area contributed by atoms with Gasteiger partial charge in [-0.25, -0.2) is 5.84 Å². The monoisotopic (exact) mass is 476 g/mol. The Morgan fingerprint density at radius 3 is 2.27 bits per heavy atom. The molecule has 0 aromatic heterocycles. The van der Waals surface area contributed by atoms with Crippen LogP contribution in [0.15, 0.2) is 60.3 Å². The van der Waals surface area contributed by atoms with Gasteiger partial charge in [-0.3, -0.25) is 9.80 Å². The first-order chi connectivity index (χ1) is 15.4. The molecule has 0 heterocycles. The zero-order valence-corrected chi connectivity index (χ0v) is 17.4. The summed E-state index contributed by atoms with van der Waals surface area (Å²) in [7, 11) is 1.72. The van der Waals surface area contributed by atoms with Crippen LogP contribution in [0.3, 0.4) is 0 Å². The minimum absolute atomic E-state index is 0.165. The highest BCUT2D eigenvalue weighted by Crippen LogP contribution is 2.25. The highest BCUT2D eigenvalue weighted by molar-refractivity contribution is 5.96. The van der Waals surface area contributed by atoms with Gasteiger partial charge in [0.15, 0.2) is 0 Å². The van der Waals surface area contributed by atoms with Gasteiger partial charge in [0, 0.05) is 13.1 Å². The molecule has 0 radical (unpaired) electrons. The van der Waals surface area contributed by atoms with Crippen LogP contribution in [0.25, 0.3) is 0 Å². The summed E-state index contributed by atoms with van der Waals surface area (Å²) in [6.45, 7) is 0.311. The van der Waals surface area contributed by atoms with Crippen molar-refractivity contribution in [2.24, 2.45) is 5.84 Å². The highest BCUT2D eigenvalue weighted by atomic mass is 19.4. The summed E-state index contributed by atoms with van der Waals surface area (Å²) in [5.41, 5.74) is 1.04. The van der Waals surface area contributed by atoms with E-state index in [1.54, 1.807) is 25.2 Å². The van der Waals surface area contributed by atoms with E-state index in [1.807, 2.05) is 0 Å². The Morgan fingerprint density at radius 2 is 1.70 bits per heavy atom. The molecule has 0 unspecified atom stereocenters. The molecular formula is C21H22F6N4O2. The number of hydrogen-bond donors (Lipinski definition) is 3. The third-order valence-corrected chi connectivity index (χ3v) is 4.20. The molecule has 0 aliphatic heterocycles. The van der Waals surface area contributed by atoms with Crippen molar-refractivity contribution in [1.29, 1.82) is 0 Å². The summed E-state index contributed by atoms with van der Waals surface area (Å²) in [5.74, 6) is 4.64. The van der Waals surface area contributed by atoms with E-state index in [2.05, 4.69) is 15.4 Å². The number of ether oxygens (including phenoxy) is 1. The molecule has 12 heteroatoms. The summed E-state index contributed by atoms with van der Waals surface area (Å²) in [6.07, 6.45) is -10.1. The van der Waals surface area contributed by atoms with Crippen molar-refractivity contribution >= 4 is 11.6 Å². The Balaban J connectivity index is 2.16. The molecule has 2 rings (SSSR count). The van der Waals surface area contributed by atoms with E-state index in [9.17, 15) is 31.1 Å². The van der Waals surface area contributed by atoms with Crippen LogP contribution in [0, 0.1) is 0 Å². The van der Waals surface area contributed by atoms with Gasteiger partial charge >= 0.3 is 12.5 Å². The lowest BCUT2D eigenvalue weighted by atomic mass is 10.1. The molecule has 1 amide bonds. The topological polar surface area (TPSA) is 79.6 Å². The van der Waals surface area contributed by atoms with Gasteiger partial charge in [-0.2, -0.15) is 13.2 Å². The number of rotatable bonds is 9. The minimum Gasteiger partial charge on any atom is -0.406 e.